The van der Waals surface area contributed by atoms with Crippen LogP contribution in [0.5, 0.6) is 5.75 Å². The van der Waals surface area contributed by atoms with Crippen LogP contribution in [0.1, 0.15) is 12.0 Å². The summed E-state index contributed by atoms with van der Waals surface area (Å²) in [6, 6.07) is 3.98. The molecule has 2 nitrogen and oxygen atoms in total. The second-order valence-corrected chi connectivity index (χ2v) is 4.96. The van der Waals surface area contributed by atoms with E-state index in [1.54, 1.807) is 0 Å². The number of hydrogen-bond acceptors (Lipinski definition) is 2. The van der Waals surface area contributed by atoms with Gasteiger partial charge in [-0.1, -0.05) is 11.6 Å². The lowest BCUT2D eigenvalue weighted by Gasteiger charge is -2.29. The van der Waals surface area contributed by atoms with E-state index in [0.29, 0.717) is 0 Å². The van der Waals surface area contributed by atoms with E-state index in [0.717, 1.165) is 34.5 Å². The first-order chi connectivity index (χ1) is 7.25. The Kier molecular flexibility index (Phi) is 2.18. The predicted octanol–water partition coefficient (Wildman–Crippen LogP) is 3.61. The van der Waals surface area contributed by atoms with E-state index in [9.17, 15) is 0 Å². The first-order valence-corrected chi connectivity index (χ1v) is 6.05. The Morgan fingerprint density at radius 3 is 3.20 bits per heavy atom. The van der Waals surface area contributed by atoms with Gasteiger partial charge in [0.15, 0.2) is 0 Å². The molecule has 0 saturated heterocycles. The summed E-state index contributed by atoms with van der Waals surface area (Å²) in [4.78, 5) is 0. The molecular weight excluding hydrogens is 277 g/mol. The van der Waals surface area contributed by atoms with Gasteiger partial charge < -0.3 is 10.1 Å². The van der Waals surface area contributed by atoms with Crippen LogP contribution in [-0.2, 0) is 0 Å². The van der Waals surface area contributed by atoms with Crippen LogP contribution in [0.25, 0.3) is 5.57 Å². The van der Waals surface area contributed by atoms with Gasteiger partial charge in [-0.2, -0.15) is 0 Å². The summed E-state index contributed by atoms with van der Waals surface area (Å²) in [5, 5.41) is 3.23. The molecule has 15 heavy (non-hydrogen) atoms. The van der Waals surface area contributed by atoms with Crippen LogP contribution >= 0.6 is 27.5 Å². The lowest BCUT2D eigenvalue weighted by molar-refractivity contribution is 0.316. The zero-order valence-corrected chi connectivity index (χ0v) is 10.2. The molecule has 78 valence electrons. The molecule has 1 aromatic carbocycles. The fourth-order valence-electron chi connectivity index (χ4n) is 2.06. The Bertz CT molecular complexity index is 458. The number of benzene rings is 1. The van der Waals surface area contributed by atoms with E-state index in [4.69, 9.17) is 16.3 Å². The maximum Gasteiger partial charge on any atom is 0.128 e. The first kappa shape index (κ1) is 9.55. The van der Waals surface area contributed by atoms with E-state index in [1.165, 1.54) is 5.57 Å². The molecule has 0 radical (unpaired) electrons. The van der Waals surface area contributed by atoms with E-state index >= 15 is 0 Å². The molecule has 0 bridgehead atoms. The molecule has 0 aromatic heterocycles. The zero-order chi connectivity index (χ0) is 10.4. The van der Waals surface area contributed by atoms with Gasteiger partial charge in [-0.05, 0) is 39.7 Å². The topological polar surface area (TPSA) is 21.3 Å². The van der Waals surface area contributed by atoms with Gasteiger partial charge >= 0.3 is 0 Å². The van der Waals surface area contributed by atoms with Crippen LogP contribution in [0.15, 0.2) is 22.7 Å². The number of hydrogen-bond donors (Lipinski definition) is 1. The molecule has 0 saturated carbocycles. The quantitative estimate of drug-likeness (QED) is 0.581. The molecule has 2 aliphatic rings. The van der Waals surface area contributed by atoms with Gasteiger partial charge in [-0.25, -0.2) is 0 Å². The highest BCUT2D eigenvalue weighted by Gasteiger charge is 2.25. The van der Waals surface area contributed by atoms with Crippen molar-refractivity contribution in [3.05, 3.63) is 28.2 Å². The van der Waals surface area contributed by atoms with Crippen molar-refractivity contribution in [2.45, 2.75) is 11.9 Å². The van der Waals surface area contributed by atoms with E-state index in [2.05, 4.69) is 27.3 Å². The number of halogens is 2. The minimum Gasteiger partial charge on any atom is -0.493 e. The smallest absolute Gasteiger partial charge is 0.128 e. The number of ether oxygens (including phenoxy) is 1. The average Bonchev–Trinajstić information content (AvgIpc) is 2.23. The summed E-state index contributed by atoms with van der Waals surface area (Å²) in [5.41, 5.74) is 3.36. The van der Waals surface area contributed by atoms with Crippen molar-refractivity contribution < 1.29 is 4.74 Å². The van der Waals surface area contributed by atoms with Crippen LogP contribution in [-0.4, -0.2) is 12.1 Å². The number of rotatable bonds is 0. The van der Waals surface area contributed by atoms with Crippen molar-refractivity contribution in [2.24, 2.45) is 0 Å². The molecule has 2 aliphatic heterocycles. The molecule has 0 amide bonds. The molecule has 1 unspecified atom stereocenters. The fourth-order valence-corrected chi connectivity index (χ4v) is 2.76. The van der Waals surface area contributed by atoms with Gasteiger partial charge in [-0.15, -0.1) is 0 Å². The molecule has 4 heteroatoms. The van der Waals surface area contributed by atoms with Crippen molar-refractivity contribution in [1.82, 2.24) is 0 Å². The van der Waals surface area contributed by atoms with Crippen molar-refractivity contribution >= 4 is 38.8 Å². The Morgan fingerprint density at radius 1 is 1.47 bits per heavy atom. The van der Waals surface area contributed by atoms with E-state index in [-0.39, 0.29) is 5.50 Å². The van der Waals surface area contributed by atoms with E-state index < -0.39 is 0 Å². The monoisotopic (exact) mass is 285 g/mol. The summed E-state index contributed by atoms with van der Waals surface area (Å²) in [6.45, 7) is 0.740. The molecule has 1 atom stereocenters. The van der Waals surface area contributed by atoms with Crippen LogP contribution in [0.3, 0.4) is 0 Å². The van der Waals surface area contributed by atoms with Gasteiger partial charge in [0.25, 0.3) is 0 Å². The Morgan fingerprint density at radius 2 is 2.33 bits per heavy atom. The van der Waals surface area contributed by atoms with E-state index in [1.807, 2.05) is 12.1 Å². The number of alkyl halides is 1. The molecule has 2 heterocycles. The van der Waals surface area contributed by atoms with Gasteiger partial charge in [0.2, 0.25) is 0 Å². The zero-order valence-electron chi connectivity index (χ0n) is 7.89. The van der Waals surface area contributed by atoms with Crippen LogP contribution < -0.4 is 10.1 Å². The molecular formula is C11H9BrClNO. The van der Waals surface area contributed by atoms with Crippen LogP contribution in [0.2, 0.25) is 0 Å². The predicted molar refractivity (Wildman–Crippen MR) is 65.5 cm³/mol. The summed E-state index contributed by atoms with van der Waals surface area (Å²) < 4.78 is 6.65. The number of anilines is 1. The minimum absolute atomic E-state index is 0.128. The third-order valence-electron chi connectivity index (χ3n) is 2.70. The second kappa shape index (κ2) is 3.42. The lowest BCUT2D eigenvalue weighted by atomic mass is 9.95. The van der Waals surface area contributed by atoms with Crippen molar-refractivity contribution in [3.63, 3.8) is 0 Å². The molecule has 1 N–H and O–H groups in total. The SMILES string of the molecule is ClC1C=C2CCOc3ccc(Br)c(c32)N1. The highest BCUT2D eigenvalue weighted by Crippen LogP contribution is 2.45. The fraction of sp³-hybridized carbons (Fsp3) is 0.273. The molecule has 1 aromatic rings. The van der Waals surface area contributed by atoms with Crippen LogP contribution in [0, 0.1) is 0 Å². The summed E-state index contributed by atoms with van der Waals surface area (Å²) in [7, 11) is 0. The Hall–Kier alpha value is -0.670. The van der Waals surface area contributed by atoms with Gasteiger partial charge in [0, 0.05) is 16.5 Å². The third kappa shape index (κ3) is 1.45. The summed E-state index contributed by atoms with van der Waals surface area (Å²) in [5.74, 6) is 0.946. The van der Waals surface area contributed by atoms with Crippen molar-refractivity contribution in [3.8, 4) is 5.75 Å². The first-order valence-electron chi connectivity index (χ1n) is 4.82. The van der Waals surface area contributed by atoms with Crippen molar-refractivity contribution in [2.75, 3.05) is 11.9 Å². The van der Waals surface area contributed by atoms with Gasteiger partial charge in [0.05, 0.1) is 12.3 Å². The lowest BCUT2D eigenvalue weighted by Crippen LogP contribution is -2.20. The molecule has 0 aliphatic carbocycles. The van der Waals surface area contributed by atoms with Gasteiger partial charge in [0.1, 0.15) is 11.3 Å². The highest BCUT2D eigenvalue weighted by atomic mass is 79.9. The van der Waals surface area contributed by atoms with Crippen LogP contribution in [0.4, 0.5) is 5.69 Å². The largest absolute Gasteiger partial charge is 0.493 e. The molecule has 0 spiro atoms. The van der Waals surface area contributed by atoms with Crippen molar-refractivity contribution in [1.29, 1.82) is 0 Å². The summed E-state index contributed by atoms with van der Waals surface area (Å²) >= 11 is 9.64. The number of nitrogens with one attached hydrogen (secondary N) is 1. The normalized spacial score (nSPS) is 22.3. The minimum atomic E-state index is -0.128. The highest BCUT2D eigenvalue weighted by molar-refractivity contribution is 9.10. The maximum atomic E-state index is 6.12. The average molecular weight is 287 g/mol. The molecule has 3 rings (SSSR count). The Balaban J connectivity index is 2.27. The molecule has 0 fully saturated rings. The summed E-state index contributed by atoms with van der Waals surface area (Å²) in [6.07, 6.45) is 2.99. The third-order valence-corrected chi connectivity index (χ3v) is 3.59. The van der Waals surface area contributed by atoms with Gasteiger partial charge in [-0.3, -0.25) is 0 Å². The Labute approximate surface area is 101 Å². The standard InChI is InChI=1S/C11H9BrClNO/c12-7-1-2-8-10-6(3-4-15-8)5-9(13)14-11(7)10/h1-2,5,9,14H,3-4H2. The second-order valence-electron chi connectivity index (χ2n) is 3.63. The maximum absolute atomic E-state index is 6.12.